The van der Waals surface area contributed by atoms with Crippen LogP contribution < -0.4 is 4.74 Å². The van der Waals surface area contributed by atoms with E-state index in [1.54, 1.807) is 0 Å². The van der Waals surface area contributed by atoms with Crippen LogP contribution in [0.15, 0.2) is 54.6 Å². The Morgan fingerprint density at radius 1 is 1.09 bits per heavy atom. The van der Waals surface area contributed by atoms with Gasteiger partial charge in [0.25, 0.3) is 0 Å². The van der Waals surface area contributed by atoms with E-state index in [9.17, 15) is 4.79 Å². The Labute approximate surface area is 129 Å². The molecule has 1 aromatic heterocycles. The van der Waals surface area contributed by atoms with Crippen molar-refractivity contribution < 1.29 is 9.53 Å². The van der Waals surface area contributed by atoms with Crippen LogP contribution in [-0.4, -0.2) is 10.8 Å². The number of H-pyrrole nitrogens is 1. The van der Waals surface area contributed by atoms with Crippen molar-refractivity contribution in [2.45, 2.75) is 26.4 Å². The van der Waals surface area contributed by atoms with E-state index in [0.717, 1.165) is 28.6 Å². The van der Waals surface area contributed by atoms with Gasteiger partial charge in [0.15, 0.2) is 5.78 Å². The highest BCUT2D eigenvalue weighted by molar-refractivity contribution is 5.99. The summed E-state index contributed by atoms with van der Waals surface area (Å²) < 4.78 is 5.81. The number of carbonyl (C=O) groups excluding carboxylic acids is 1. The second-order valence-corrected chi connectivity index (χ2v) is 5.38. The number of hydrogen-bond acceptors (Lipinski definition) is 2. The first-order valence-electron chi connectivity index (χ1n) is 7.59. The molecule has 3 nitrogen and oxygen atoms in total. The Morgan fingerprint density at radius 2 is 1.91 bits per heavy atom. The molecular weight excluding hydrogens is 274 g/mol. The fraction of sp³-hybridized carbons (Fsp3) is 0.211. The number of rotatable bonds is 6. The van der Waals surface area contributed by atoms with Crippen LogP contribution in [0.3, 0.4) is 0 Å². The van der Waals surface area contributed by atoms with Gasteiger partial charge in [0, 0.05) is 23.4 Å². The number of nitrogens with one attached hydrogen (secondary N) is 1. The topological polar surface area (TPSA) is 42.1 Å². The van der Waals surface area contributed by atoms with Gasteiger partial charge in [-0.25, -0.2) is 0 Å². The lowest BCUT2D eigenvalue weighted by Gasteiger charge is -2.06. The number of aromatic amines is 1. The molecule has 1 heterocycles. The number of hydrogen-bond donors (Lipinski definition) is 1. The van der Waals surface area contributed by atoms with Crippen molar-refractivity contribution in [3.8, 4) is 5.75 Å². The van der Waals surface area contributed by atoms with Crippen LogP contribution in [0.4, 0.5) is 0 Å². The van der Waals surface area contributed by atoms with Crippen LogP contribution in [0.25, 0.3) is 10.9 Å². The van der Waals surface area contributed by atoms with Gasteiger partial charge < -0.3 is 9.72 Å². The minimum absolute atomic E-state index is 0.158. The van der Waals surface area contributed by atoms with Gasteiger partial charge in [-0.1, -0.05) is 37.3 Å². The summed E-state index contributed by atoms with van der Waals surface area (Å²) in [7, 11) is 0. The number of Topliss-reactive ketones (excluding diaryl/α,β-unsaturated/α-hetero) is 1. The summed E-state index contributed by atoms with van der Waals surface area (Å²) in [6, 6.07) is 17.8. The largest absolute Gasteiger partial charge is 0.489 e. The van der Waals surface area contributed by atoms with Gasteiger partial charge in [0.05, 0.1) is 5.69 Å². The lowest BCUT2D eigenvalue weighted by Crippen LogP contribution is -1.97. The molecule has 0 amide bonds. The molecular formula is C19H19NO2. The lowest BCUT2D eigenvalue weighted by molar-refractivity contribution is 0.0977. The fourth-order valence-electron chi connectivity index (χ4n) is 2.45. The molecule has 112 valence electrons. The number of ketones is 1. The molecule has 3 heteroatoms. The number of carbonyl (C=O) groups is 1. The quantitative estimate of drug-likeness (QED) is 0.668. The first kappa shape index (κ1) is 14.4. The van der Waals surface area contributed by atoms with Gasteiger partial charge >= 0.3 is 0 Å². The molecule has 3 aromatic rings. The second-order valence-electron chi connectivity index (χ2n) is 5.38. The molecule has 0 saturated heterocycles. The SMILES string of the molecule is CCCC(=O)c1cc2ccc(OCc3ccccc3)cc2[nH]1. The van der Waals surface area contributed by atoms with Crippen LogP contribution in [-0.2, 0) is 6.61 Å². The van der Waals surface area contributed by atoms with Crippen LogP contribution in [0.5, 0.6) is 5.75 Å². The highest BCUT2D eigenvalue weighted by Crippen LogP contribution is 2.23. The maximum absolute atomic E-state index is 11.9. The summed E-state index contributed by atoms with van der Waals surface area (Å²) in [5.74, 6) is 0.957. The van der Waals surface area contributed by atoms with E-state index in [1.807, 2.05) is 61.5 Å². The van der Waals surface area contributed by atoms with Crippen molar-refractivity contribution in [1.82, 2.24) is 4.98 Å². The molecule has 1 N–H and O–H groups in total. The minimum Gasteiger partial charge on any atom is -0.489 e. The molecule has 0 unspecified atom stereocenters. The zero-order valence-corrected chi connectivity index (χ0v) is 12.6. The van der Waals surface area contributed by atoms with Gasteiger partial charge in [-0.05, 0) is 30.2 Å². The minimum atomic E-state index is 0.158. The third kappa shape index (κ3) is 3.19. The Bertz CT molecular complexity index is 774. The lowest BCUT2D eigenvalue weighted by atomic mass is 10.2. The van der Waals surface area contributed by atoms with E-state index in [2.05, 4.69) is 4.98 Å². The summed E-state index contributed by atoms with van der Waals surface area (Å²) >= 11 is 0. The molecule has 0 aliphatic heterocycles. The number of fused-ring (bicyclic) bond motifs is 1. The van der Waals surface area contributed by atoms with Crippen molar-refractivity contribution in [3.63, 3.8) is 0 Å². The Hall–Kier alpha value is -2.55. The highest BCUT2D eigenvalue weighted by atomic mass is 16.5. The molecule has 0 atom stereocenters. The third-order valence-corrected chi connectivity index (χ3v) is 3.62. The third-order valence-electron chi connectivity index (χ3n) is 3.62. The van der Waals surface area contributed by atoms with Crippen LogP contribution >= 0.6 is 0 Å². The van der Waals surface area contributed by atoms with E-state index in [1.165, 1.54) is 0 Å². The van der Waals surface area contributed by atoms with Crippen LogP contribution in [0, 0.1) is 0 Å². The molecule has 3 rings (SSSR count). The van der Waals surface area contributed by atoms with E-state index in [0.29, 0.717) is 18.7 Å². The van der Waals surface area contributed by atoms with Crippen molar-refractivity contribution in [2.24, 2.45) is 0 Å². The fourth-order valence-corrected chi connectivity index (χ4v) is 2.45. The van der Waals surface area contributed by atoms with Crippen LogP contribution in [0.1, 0.15) is 35.8 Å². The Morgan fingerprint density at radius 3 is 2.68 bits per heavy atom. The van der Waals surface area contributed by atoms with Crippen molar-refractivity contribution in [3.05, 3.63) is 65.9 Å². The molecule has 0 bridgehead atoms. The average molecular weight is 293 g/mol. The van der Waals surface area contributed by atoms with Crippen molar-refractivity contribution >= 4 is 16.7 Å². The molecule has 0 spiro atoms. The highest BCUT2D eigenvalue weighted by Gasteiger charge is 2.09. The maximum Gasteiger partial charge on any atom is 0.179 e. The number of ether oxygens (including phenoxy) is 1. The van der Waals surface area contributed by atoms with Gasteiger partial charge in [-0.3, -0.25) is 4.79 Å². The Kier molecular flexibility index (Phi) is 4.24. The molecule has 22 heavy (non-hydrogen) atoms. The normalized spacial score (nSPS) is 10.8. The first-order valence-corrected chi connectivity index (χ1v) is 7.59. The summed E-state index contributed by atoms with van der Waals surface area (Å²) in [5, 5.41) is 1.03. The molecule has 0 radical (unpaired) electrons. The van der Waals surface area contributed by atoms with E-state index < -0.39 is 0 Å². The van der Waals surface area contributed by atoms with Gasteiger partial charge in [-0.2, -0.15) is 0 Å². The van der Waals surface area contributed by atoms with Gasteiger partial charge in [0.1, 0.15) is 12.4 Å². The van der Waals surface area contributed by atoms with Crippen molar-refractivity contribution in [1.29, 1.82) is 0 Å². The average Bonchev–Trinajstić information content (AvgIpc) is 2.97. The predicted octanol–water partition coefficient (Wildman–Crippen LogP) is 4.73. The van der Waals surface area contributed by atoms with Gasteiger partial charge in [-0.15, -0.1) is 0 Å². The monoisotopic (exact) mass is 293 g/mol. The van der Waals surface area contributed by atoms with E-state index >= 15 is 0 Å². The summed E-state index contributed by atoms with van der Waals surface area (Å²) in [4.78, 5) is 15.1. The molecule has 0 saturated carbocycles. The maximum atomic E-state index is 11.9. The standard InChI is InChI=1S/C19H19NO2/c1-2-6-19(21)18-11-15-9-10-16(12-17(15)20-18)22-13-14-7-4-3-5-8-14/h3-5,7-12,20H,2,6,13H2,1H3. The van der Waals surface area contributed by atoms with Crippen LogP contribution in [0.2, 0.25) is 0 Å². The predicted molar refractivity (Wildman–Crippen MR) is 88.3 cm³/mol. The Balaban J connectivity index is 1.76. The first-order chi connectivity index (χ1) is 10.8. The number of aromatic nitrogens is 1. The smallest absolute Gasteiger partial charge is 0.179 e. The summed E-state index contributed by atoms with van der Waals surface area (Å²) in [5.41, 5.74) is 2.75. The van der Waals surface area contributed by atoms with Gasteiger partial charge in [0.2, 0.25) is 0 Å². The van der Waals surface area contributed by atoms with E-state index in [4.69, 9.17) is 4.74 Å². The zero-order chi connectivity index (χ0) is 15.4. The summed E-state index contributed by atoms with van der Waals surface area (Å²) in [6.45, 7) is 2.55. The zero-order valence-electron chi connectivity index (χ0n) is 12.6. The molecule has 0 aliphatic rings. The molecule has 2 aromatic carbocycles. The van der Waals surface area contributed by atoms with E-state index in [-0.39, 0.29) is 5.78 Å². The molecule has 0 aliphatic carbocycles. The summed E-state index contributed by atoms with van der Waals surface area (Å²) in [6.07, 6.45) is 1.43. The number of benzene rings is 2. The second kappa shape index (κ2) is 6.48. The van der Waals surface area contributed by atoms with Crippen molar-refractivity contribution in [2.75, 3.05) is 0 Å². The molecule has 0 fully saturated rings.